The SMILES string of the molecule is CN(C(=O)c1csc(-c2cccs2)n1)C1CCCCC1. The van der Waals surface area contributed by atoms with Crippen molar-refractivity contribution in [2.75, 3.05) is 7.05 Å². The van der Waals surface area contributed by atoms with Crippen molar-refractivity contribution < 1.29 is 4.79 Å². The number of hydrogen-bond acceptors (Lipinski definition) is 4. The van der Waals surface area contributed by atoms with E-state index in [9.17, 15) is 4.79 Å². The minimum Gasteiger partial charge on any atom is -0.337 e. The van der Waals surface area contributed by atoms with E-state index in [1.165, 1.54) is 19.3 Å². The third kappa shape index (κ3) is 2.79. The highest BCUT2D eigenvalue weighted by Gasteiger charge is 2.24. The Morgan fingerprint density at radius 1 is 1.30 bits per heavy atom. The van der Waals surface area contributed by atoms with Gasteiger partial charge in [-0.15, -0.1) is 22.7 Å². The highest BCUT2D eigenvalue weighted by Crippen LogP contribution is 2.29. The fourth-order valence-electron chi connectivity index (χ4n) is 2.70. The van der Waals surface area contributed by atoms with Crippen LogP contribution < -0.4 is 0 Å². The lowest BCUT2D eigenvalue weighted by molar-refractivity contribution is 0.0691. The van der Waals surface area contributed by atoms with Gasteiger partial charge >= 0.3 is 0 Å². The lowest BCUT2D eigenvalue weighted by Gasteiger charge is -2.30. The molecule has 2 aromatic heterocycles. The predicted molar refractivity (Wildman–Crippen MR) is 84.4 cm³/mol. The van der Waals surface area contributed by atoms with Gasteiger partial charge < -0.3 is 4.90 Å². The molecule has 0 spiro atoms. The molecule has 106 valence electrons. The van der Waals surface area contributed by atoms with Crippen molar-refractivity contribution in [2.24, 2.45) is 0 Å². The molecule has 3 nitrogen and oxygen atoms in total. The van der Waals surface area contributed by atoms with Gasteiger partial charge in [0.2, 0.25) is 0 Å². The van der Waals surface area contributed by atoms with Crippen LogP contribution in [0.2, 0.25) is 0 Å². The summed E-state index contributed by atoms with van der Waals surface area (Å²) in [6.07, 6.45) is 6.03. The molecule has 1 fully saturated rings. The molecule has 2 heterocycles. The second kappa shape index (κ2) is 6.06. The van der Waals surface area contributed by atoms with Crippen LogP contribution in [0.3, 0.4) is 0 Å². The van der Waals surface area contributed by atoms with Gasteiger partial charge in [-0.1, -0.05) is 25.3 Å². The molecule has 1 amide bonds. The first-order valence-electron chi connectivity index (χ1n) is 7.02. The number of carbonyl (C=O) groups is 1. The number of hydrogen-bond donors (Lipinski definition) is 0. The molecule has 2 aromatic rings. The minimum atomic E-state index is 0.0657. The average Bonchev–Trinajstić information content (AvgIpc) is 3.17. The second-order valence-corrected chi connectivity index (χ2v) is 7.03. The number of rotatable bonds is 3. The molecular weight excluding hydrogens is 288 g/mol. The Bertz CT molecular complexity index is 570. The number of nitrogens with zero attached hydrogens (tertiary/aromatic N) is 2. The summed E-state index contributed by atoms with van der Waals surface area (Å²) >= 11 is 3.21. The zero-order chi connectivity index (χ0) is 13.9. The van der Waals surface area contributed by atoms with Crippen molar-refractivity contribution >= 4 is 28.6 Å². The maximum Gasteiger partial charge on any atom is 0.273 e. The molecule has 0 bridgehead atoms. The summed E-state index contributed by atoms with van der Waals surface area (Å²) in [6.45, 7) is 0. The van der Waals surface area contributed by atoms with Crippen molar-refractivity contribution in [3.63, 3.8) is 0 Å². The summed E-state index contributed by atoms with van der Waals surface area (Å²) in [7, 11) is 1.92. The topological polar surface area (TPSA) is 33.2 Å². The van der Waals surface area contributed by atoms with E-state index in [1.54, 1.807) is 22.7 Å². The fourth-order valence-corrected chi connectivity index (χ4v) is 4.31. The molecule has 0 atom stereocenters. The van der Waals surface area contributed by atoms with E-state index in [0.29, 0.717) is 11.7 Å². The molecule has 0 N–H and O–H groups in total. The second-order valence-electron chi connectivity index (χ2n) is 5.22. The Morgan fingerprint density at radius 3 is 2.80 bits per heavy atom. The van der Waals surface area contributed by atoms with Crippen LogP contribution in [-0.2, 0) is 0 Å². The Kier molecular flexibility index (Phi) is 4.17. The summed E-state index contributed by atoms with van der Waals surface area (Å²) < 4.78 is 0. The molecule has 0 aliphatic heterocycles. The summed E-state index contributed by atoms with van der Waals surface area (Å²) in [5.74, 6) is 0.0657. The van der Waals surface area contributed by atoms with E-state index in [2.05, 4.69) is 4.98 Å². The normalized spacial score (nSPS) is 16.2. The Morgan fingerprint density at radius 2 is 2.10 bits per heavy atom. The maximum absolute atomic E-state index is 12.5. The lowest BCUT2D eigenvalue weighted by atomic mass is 9.94. The van der Waals surface area contributed by atoms with Crippen molar-refractivity contribution in [1.82, 2.24) is 9.88 Å². The predicted octanol–water partition coefficient (Wildman–Crippen LogP) is 4.28. The van der Waals surface area contributed by atoms with Gasteiger partial charge in [-0.3, -0.25) is 4.79 Å². The molecule has 1 aliphatic rings. The van der Waals surface area contributed by atoms with Crippen molar-refractivity contribution in [2.45, 2.75) is 38.1 Å². The Balaban J connectivity index is 1.73. The highest BCUT2D eigenvalue weighted by molar-refractivity contribution is 7.20. The largest absolute Gasteiger partial charge is 0.337 e. The van der Waals surface area contributed by atoms with Crippen LogP contribution in [0.5, 0.6) is 0 Å². The quantitative estimate of drug-likeness (QED) is 0.848. The summed E-state index contributed by atoms with van der Waals surface area (Å²) in [5, 5.41) is 4.86. The van der Waals surface area contributed by atoms with E-state index >= 15 is 0 Å². The first-order chi connectivity index (χ1) is 9.75. The van der Waals surface area contributed by atoms with Gasteiger partial charge in [0.25, 0.3) is 5.91 Å². The van der Waals surface area contributed by atoms with E-state index in [4.69, 9.17) is 0 Å². The van der Waals surface area contributed by atoms with Gasteiger partial charge in [-0.05, 0) is 24.3 Å². The van der Waals surface area contributed by atoms with Crippen LogP contribution in [0, 0.1) is 0 Å². The fraction of sp³-hybridized carbons (Fsp3) is 0.467. The summed E-state index contributed by atoms with van der Waals surface area (Å²) in [6, 6.07) is 4.45. The highest BCUT2D eigenvalue weighted by atomic mass is 32.1. The van der Waals surface area contributed by atoms with Crippen molar-refractivity contribution in [3.05, 3.63) is 28.6 Å². The molecule has 0 unspecified atom stereocenters. The number of amides is 1. The number of thiophene rings is 1. The molecular formula is C15H18N2OS2. The van der Waals surface area contributed by atoms with E-state index in [0.717, 1.165) is 22.7 Å². The molecule has 3 rings (SSSR count). The molecule has 5 heteroatoms. The molecule has 1 aliphatic carbocycles. The summed E-state index contributed by atoms with van der Waals surface area (Å²) in [4.78, 5) is 20.0. The van der Waals surface area contributed by atoms with Crippen LogP contribution in [0.25, 0.3) is 9.88 Å². The van der Waals surface area contributed by atoms with Crippen molar-refractivity contribution in [3.8, 4) is 9.88 Å². The van der Waals surface area contributed by atoms with Crippen LogP contribution in [0.15, 0.2) is 22.9 Å². The average molecular weight is 306 g/mol. The van der Waals surface area contributed by atoms with Gasteiger partial charge in [0.05, 0.1) is 4.88 Å². The van der Waals surface area contributed by atoms with E-state index in [-0.39, 0.29) is 5.91 Å². The van der Waals surface area contributed by atoms with Gasteiger partial charge in [-0.25, -0.2) is 4.98 Å². The van der Waals surface area contributed by atoms with Crippen LogP contribution in [0.4, 0.5) is 0 Å². The zero-order valence-corrected chi connectivity index (χ0v) is 13.2. The lowest BCUT2D eigenvalue weighted by Crippen LogP contribution is -2.38. The first-order valence-corrected chi connectivity index (χ1v) is 8.78. The molecule has 0 aromatic carbocycles. The smallest absolute Gasteiger partial charge is 0.273 e. The van der Waals surface area contributed by atoms with Gasteiger partial charge in [-0.2, -0.15) is 0 Å². The first kappa shape index (κ1) is 13.8. The van der Waals surface area contributed by atoms with Crippen LogP contribution >= 0.6 is 22.7 Å². The summed E-state index contributed by atoms with van der Waals surface area (Å²) in [5.41, 5.74) is 0.589. The molecule has 0 radical (unpaired) electrons. The van der Waals surface area contributed by atoms with Crippen LogP contribution in [0.1, 0.15) is 42.6 Å². The maximum atomic E-state index is 12.5. The monoisotopic (exact) mass is 306 g/mol. The number of thiazole rings is 1. The third-order valence-corrected chi connectivity index (χ3v) is 5.78. The van der Waals surface area contributed by atoms with Crippen LogP contribution in [-0.4, -0.2) is 28.9 Å². The minimum absolute atomic E-state index is 0.0657. The zero-order valence-electron chi connectivity index (χ0n) is 11.5. The van der Waals surface area contributed by atoms with Gasteiger partial charge in [0, 0.05) is 18.5 Å². The Labute approximate surface area is 127 Å². The standard InChI is InChI=1S/C15H18N2OS2/c1-17(11-6-3-2-4-7-11)15(18)12-10-20-14(16-12)13-8-5-9-19-13/h5,8-11H,2-4,6-7H2,1H3. The number of aromatic nitrogens is 1. The van der Waals surface area contributed by atoms with E-state index in [1.807, 2.05) is 34.8 Å². The van der Waals surface area contributed by atoms with Crippen molar-refractivity contribution in [1.29, 1.82) is 0 Å². The molecule has 0 saturated heterocycles. The molecule has 1 saturated carbocycles. The number of carbonyl (C=O) groups excluding carboxylic acids is 1. The van der Waals surface area contributed by atoms with Gasteiger partial charge in [0.15, 0.2) is 0 Å². The Hall–Kier alpha value is -1.20. The van der Waals surface area contributed by atoms with Gasteiger partial charge in [0.1, 0.15) is 10.7 Å². The molecule has 20 heavy (non-hydrogen) atoms. The van der Waals surface area contributed by atoms with E-state index < -0.39 is 0 Å². The third-order valence-electron chi connectivity index (χ3n) is 3.90.